The van der Waals surface area contributed by atoms with Gasteiger partial charge in [0, 0.05) is 16.1 Å². The first-order chi connectivity index (χ1) is 9.63. The lowest BCUT2D eigenvalue weighted by atomic mass is 9.85. The maximum absolute atomic E-state index is 6.42. The molecule has 2 nitrogen and oxygen atoms in total. The van der Waals surface area contributed by atoms with Crippen molar-refractivity contribution in [2.24, 2.45) is 5.92 Å². The van der Waals surface area contributed by atoms with Crippen molar-refractivity contribution in [2.45, 2.75) is 32.2 Å². The van der Waals surface area contributed by atoms with Crippen molar-refractivity contribution >= 4 is 23.2 Å². The second kappa shape index (κ2) is 7.65. The molecule has 2 unspecified atom stereocenters. The van der Waals surface area contributed by atoms with E-state index < -0.39 is 0 Å². The van der Waals surface area contributed by atoms with Gasteiger partial charge in [0.05, 0.1) is 0 Å². The van der Waals surface area contributed by atoms with Crippen molar-refractivity contribution in [3.63, 3.8) is 0 Å². The Kier molecular flexibility index (Phi) is 6.16. The van der Waals surface area contributed by atoms with E-state index in [1.54, 1.807) is 0 Å². The summed E-state index contributed by atoms with van der Waals surface area (Å²) in [6.07, 6.45) is 3.69. The van der Waals surface area contributed by atoms with Crippen LogP contribution in [0.1, 0.15) is 37.8 Å². The van der Waals surface area contributed by atoms with Gasteiger partial charge in [-0.15, -0.1) is 0 Å². The van der Waals surface area contributed by atoms with E-state index in [0.29, 0.717) is 17.0 Å². The van der Waals surface area contributed by atoms with Crippen LogP contribution in [0.15, 0.2) is 18.2 Å². The highest BCUT2D eigenvalue weighted by Gasteiger charge is 2.31. The fourth-order valence-corrected chi connectivity index (χ4v) is 3.69. The van der Waals surface area contributed by atoms with E-state index >= 15 is 0 Å². The Morgan fingerprint density at radius 3 is 2.85 bits per heavy atom. The summed E-state index contributed by atoms with van der Waals surface area (Å²) in [5, 5.41) is 5.06. The van der Waals surface area contributed by atoms with E-state index in [4.69, 9.17) is 23.2 Å². The van der Waals surface area contributed by atoms with Crippen molar-refractivity contribution in [1.29, 1.82) is 0 Å². The van der Waals surface area contributed by atoms with Crippen LogP contribution in [0.25, 0.3) is 0 Å². The van der Waals surface area contributed by atoms with Gasteiger partial charge in [-0.25, -0.2) is 0 Å². The molecule has 0 aliphatic carbocycles. The lowest BCUT2D eigenvalue weighted by Crippen LogP contribution is -2.40. The molecule has 1 aromatic carbocycles. The number of hydrogen-bond donors (Lipinski definition) is 1. The van der Waals surface area contributed by atoms with Crippen molar-refractivity contribution in [3.8, 4) is 0 Å². The standard InChI is InChI=1S/C16H24Cl2N2/c1-3-8-19-11-12-5-4-9-20(2)16(12)14-7-6-13(17)10-15(14)18/h6-7,10,12,16,19H,3-5,8-9,11H2,1-2H3. The lowest BCUT2D eigenvalue weighted by Gasteiger charge is -2.40. The van der Waals surface area contributed by atoms with Crippen molar-refractivity contribution in [2.75, 3.05) is 26.7 Å². The minimum absolute atomic E-state index is 0.387. The van der Waals surface area contributed by atoms with E-state index in [2.05, 4.69) is 30.3 Å². The van der Waals surface area contributed by atoms with Crippen LogP contribution in [0.5, 0.6) is 0 Å². The molecule has 0 saturated carbocycles. The molecule has 1 heterocycles. The van der Waals surface area contributed by atoms with Crippen LogP contribution in [0, 0.1) is 5.92 Å². The highest BCUT2D eigenvalue weighted by molar-refractivity contribution is 6.35. The number of likely N-dealkylation sites (tertiary alicyclic amines) is 1. The van der Waals surface area contributed by atoms with Crippen molar-refractivity contribution < 1.29 is 0 Å². The third-order valence-corrected chi connectivity index (χ3v) is 4.68. The topological polar surface area (TPSA) is 15.3 Å². The third kappa shape index (κ3) is 3.88. The zero-order valence-corrected chi connectivity index (χ0v) is 13.8. The number of benzene rings is 1. The Bertz CT molecular complexity index is 436. The highest BCUT2D eigenvalue weighted by atomic mass is 35.5. The summed E-state index contributed by atoms with van der Waals surface area (Å²) >= 11 is 12.4. The third-order valence-electron chi connectivity index (χ3n) is 4.12. The van der Waals surface area contributed by atoms with Crippen LogP contribution in [0.3, 0.4) is 0 Å². The minimum atomic E-state index is 0.387. The second-order valence-corrected chi connectivity index (χ2v) is 6.54. The van der Waals surface area contributed by atoms with Crippen LogP contribution in [-0.2, 0) is 0 Å². The van der Waals surface area contributed by atoms with Gasteiger partial charge in [-0.05, 0) is 69.6 Å². The van der Waals surface area contributed by atoms with Gasteiger partial charge in [0.25, 0.3) is 0 Å². The molecule has 0 bridgehead atoms. The molecule has 0 spiro atoms. The summed E-state index contributed by atoms with van der Waals surface area (Å²) in [7, 11) is 2.20. The van der Waals surface area contributed by atoms with Gasteiger partial charge in [0.15, 0.2) is 0 Å². The monoisotopic (exact) mass is 314 g/mol. The molecule has 1 saturated heterocycles. The SMILES string of the molecule is CCCNCC1CCCN(C)C1c1ccc(Cl)cc1Cl. The largest absolute Gasteiger partial charge is 0.316 e. The molecule has 112 valence electrons. The zero-order valence-electron chi connectivity index (χ0n) is 12.3. The maximum Gasteiger partial charge on any atom is 0.0468 e. The lowest BCUT2D eigenvalue weighted by molar-refractivity contribution is 0.119. The molecular formula is C16H24Cl2N2. The van der Waals surface area contributed by atoms with E-state index in [1.165, 1.54) is 24.8 Å². The number of piperidine rings is 1. The van der Waals surface area contributed by atoms with Gasteiger partial charge in [-0.1, -0.05) is 36.2 Å². The van der Waals surface area contributed by atoms with Crippen LogP contribution in [0.2, 0.25) is 10.0 Å². The Hall–Kier alpha value is -0.280. The molecule has 1 aromatic rings. The van der Waals surface area contributed by atoms with Crippen LogP contribution >= 0.6 is 23.2 Å². The van der Waals surface area contributed by atoms with Crippen molar-refractivity contribution in [3.05, 3.63) is 33.8 Å². The maximum atomic E-state index is 6.42. The molecule has 2 atom stereocenters. The zero-order chi connectivity index (χ0) is 14.5. The first-order valence-corrected chi connectivity index (χ1v) is 8.25. The van der Waals surface area contributed by atoms with E-state index in [9.17, 15) is 0 Å². The summed E-state index contributed by atoms with van der Waals surface area (Å²) in [4.78, 5) is 2.43. The van der Waals surface area contributed by atoms with Crippen molar-refractivity contribution in [1.82, 2.24) is 10.2 Å². The number of halogens is 2. The first-order valence-electron chi connectivity index (χ1n) is 7.49. The Balaban J connectivity index is 2.18. The molecule has 1 fully saturated rings. The smallest absolute Gasteiger partial charge is 0.0468 e. The van der Waals surface area contributed by atoms with Gasteiger partial charge < -0.3 is 5.32 Å². The Labute approximate surface area is 132 Å². The van der Waals surface area contributed by atoms with E-state index in [-0.39, 0.29) is 0 Å². The number of rotatable bonds is 5. The normalized spacial score (nSPS) is 24.0. The average Bonchev–Trinajstić information content (AvgIpc) is 2.41. The number of hydrogen-bond acceptors (Lipinski definition) is 2. The fraction of sp³-hybridized carbons (Fsp3) is 0.625. The minimum Gasteiger partial charge on any atom is -0.316 e. The molecule has 1 aliphatic rings. The van der Waals surface area contributed by atoms with Crippen LogP contribution < -0.4 is 5.32 Å². The first kappa shape index (κ1) is 16.1. The Morgan fingerprint density at radius 1 is 1.35 bits per heavy atom. The molecule has 1 N–H and O–H groups in total. The van der Waals surface area contributed by atoms with E-state index in [0.717, 1.165) is 24.7 Å². The second-order valence-electron chi connectivity index (χ2n) is 5.70. The molecule has 20 heavy (non-hydrogen) atoms. The summed E-state index contributed by atoms with van der Waals surface area (Å²) in [5.74, 6) is 0.610. The summed E-state index contributed by atoms with van der Waals surface area (Å²) in [6.45, 7) is 5.48. The highest BCUT2D eigenvalue weighted by Crippen LogP contribution is 2.38. The van der Waals surface area contributed by atoms with Crippen LogP contribution in [-0.4, -0.2) is 31.6 Å². The van der Waals surface area contributed by atoms with E-state index in [1.807, 2.05) is 12.1 Å². The number of nitrogens with zero attached hydrogens (tertiary/aromatic N) is 1. The fourth-order valence-electron chi connectivity index (χ4n) is 3.17. The molecule has 1 aliphatic heterocycles. The summed E-state index contributed by atoms with van der Waals surface area (Å²) < 4.78 is 0. The van der Waals surface area contributed by atoms with Gasteiger partial charge in [0.2, 0.25) is 0 Å². The van der Waals surface area contributed by atoms with Gasteiger partial charge in [-0.3, -0.25) is 4.90 Å². The molecule has 0 radical (unpaired) electrons. The molecule has 4 heteroatoms. The molecule has 2 rings (SSSR count). The molecular weight excluding hydrogens is 291 g/mol. The van der Waals surface area contributed by atoms with Gasteiger partial charge in [0.1, 0.15) is 0 Å². The van der Waals surface area contributed by atoms with Gasteiger partial charge in [-0.2, -0.15) is 0 Å². The van der Waals surface area contributed by atoms with Gasteiger partial charge >= 0.3 is 0 Å². The Morgan fingerprint density at radius 2 is 2.15 bits per heavy atom. The molecule has 0 aromatic heterocycles. The predicted molar refractivity (Wildman–Crippen MR) is 87.7 cm³/mol. The molecule has 0 amide bonds. The summed E-state index contributed by atoms with van der Waals surface area (Å²) in [5.41, 5.74) is 1.21. The number of nitrogens with one attached hydrogen (secondary N) is 1. The average molecular weight is 315 g/mol. The summed E-state index contributed by atoms with van der Waals surface area (Å²) in [6, 6.07) is 6.28. The van der Waals surface area contributed by atoms with Crippen LogP contribution in [0.4, 0.5) is 0 Å². The predicted octanol–water partition coefficient (Wildman–Crippen LogP) is 4.38. The quantitative estimate of drug-likeness (QED) is 0.811.